The van der Waals surface area contributed by atoms with Gasteiger partial charge in [0.2, 0.25) is 5.91 Å². The molecule has 0 spiro atoms. The van der Waals surface area contributed by atoms with Gasteiger partial charge in [-0.25, -0.2) is 5.43 Å². The van der Waals surface area contributed by atoms with Crippen LogP contribution in [0.5, 0.6) is 0 Å². The van der Waals surface area contributed by atoms with Gasteiger partial charge in [-0.1, -0.05) is 46.9 Å². The first-order valence-corrected chi connectivity index (χ1v) is 11.4. The molecule has 4 nitrogen and oxygen atoms in total. The van der Waals surface area contributed by atoms with Crippen molar-refractivity contribution in [2.75, 3.05) is 5.75 Å². The molecular formula is C22H20Cl3N3OS. The smallest absolute Gasteiger partial charge is 0.250 e. The van der Waals surface area contributed by atoms with Crippen LogP contribution in [0.1, 0.15) is 22.5 Å². The summed E-state index contributed by atoms with van der Waals surface area (Å²) in [6.07, 6.45) is 1.64. The molecule has 0 aliphatic rings. The highest BCUT2D eigenvalue weighted by Crippen LogP contribution is 2.26. The van der Waals surface area contributed by atoms with Crippen molar-refractivity contribution in [2.45, 2.75) is 19.6 Å². The van der Waals surface area contributed by atoms with Crippen molar-refractivity contribution in [1.29, 1.82) is 0 Å². The fourth-order valence-corrected chi connectivity index (χ4v) is 4.57. The summed E-state index contributed by atoms with van der Waals surface area (Å²) in [5.41, 5.74) is 7.41. The third-order valence-corrected chi connectivity index (χ3v) is 6.03. The van der Waals surface area contributed by atoms with Crippen LogP contribution in [0.3, 0.4) is 0 Å². The van der Waals surface area contributed by atoms with Crippen LogP contribution in [0.25, 0.3) is 5.69 Å². The summed E-state index contributed by atoms with van der Waals surface area (Å²) in [5.74, 6) is 0.860. The van der Waals surface area contributed by atoms with Gasteiger partial charge in [-0.2, -0.15) is 5.10 Å². The molecule has 0 saturated heterocycles. The van der Waals surface area contributed by atoms with Gasteiger partial charge in [-0.15, -0.1) is 11.8 Å². The molecule has 156 valence electrons. The van der Waals surface area contributed by atoms with E-state index in [2.05, 4.69) is 10.5 Å². The van der Waals surface area contributed by atoms with Gasteiger partial charge in [-0.3, -0.25) is 4.79 Å². The first-order valence-electron chi connectivity index (χ1n) is 9.13. The van der Waals surface area contributed by atoms with Crippen molar-refractivity contribution >= 4 is 58.7 Å². The lowest BCUT2D eigenvalue weighted by Gasteiger charge is -2.10. The van der Waals surface area contributed by atoms with E-state index in [1.165, 1.54) is 11.8 Å². The van der Waals surface area contributed by atoms with E-state index in [-0.39, 0.29) is 5.91 Å². The molecular weight excluding hydrogens is 461 g/mol. The summed E-state index contributed by atoms with van der Waals surface area (Å²) in [6, 6.07) is 15.0. The third-order valence-electron chi connectivity index (χ3n) is 4.36. The zero-order chi connectivity index (χ0) is 21.7. The Labute approximate surface area is 195 Å². The molecule has 1 N–H and O–H groups in total. The Morgan fingerprint density at radius 2 is 1.80 bits per heavy atom. The van der Waals surface area contributed by atoms with E-state index in [1.54, 1.807) is 12.3 Å². The molecule has 0 atom stereocenters. The molecule has 0 radical (unpaired) electrons. The number of hydrazone groups is 1. The van der Waals surface area contributed by atoms with Crippen molar-refractivity contribution < 1.29 is 4.79 Å². The van der Waals surface area contributed by atoms with Gasteiger partial charge in [0.1, 0.15) is 0 Å². The number of halogens is 3. The SMILES string of the molecule is Cc1cc(/C=N/NC(=O)CSCc2cccc(Cl)c2)c(C)n1-c1cc(Cl)cc(Cl)c1. The number of aromatic nitrogens is 1. The lowest BCUT2D eigenvalue weighted by molar-refractivity contribution is -0.118. The zero-order valence-corrected chi connectivity index (χ0v) is 19.5. The van der Waals surface area contributed by atoms with Crippen molar-refractivity contribution in [3.63, 3.8) is 0 Å². The molecule has 1 amide bonds. The topological polar surface area (TPSA) is 46.4 Å². The van der Waals surface area contributed by atoms with Crippen LogP contribution < -0.4 is 5.43 Å². The normalized spacial score (nSPS) is 11.2. The molecule has 0 fully saturated rings. The van der Waals surface area contributed by atoms with Crippen LogP contribution in [0.15, 0.2) is 53.6 Å². The number of rotatable bonds is 7. The Hall–Kier alpha value is -1.92. The molecule has 0 unspecified atom stereocenters. The summed E-state index contributed by atoms with van der Waals surface area (Å²) in [6.45, 7) is 3.97. The molecule has 8 heteroatoms. The Balaban J connectivity index is 1.59. The predicted octanol–water partition coefficient (Wildman–Crippen LogP) is 6.44. The number of hydrogen-bond acceptors (Lipinski definition) is 3. The van der Waals surface area contributed by atoms with Crippen LogP contribution in [0.4, 0.5) is 0 Å². The number of carbonyl (C=O) groups is 1. The van der Waals surface area contributed by atoms with E-state index >= 15 is 0 Å². The highest BCUT2D eigenvalue weighted by molar-refractivity contribution is 7.99. The third kappa shape index (κ3) is 6.05. The minimum absolute atomic E-state index is 0.159. The lowest BCUT2D eigenvalue weighted by Crippen LogP contribution is -2.19. The Bertz CT molecular complexity index is 1070. The highest BCUT2D eigenvalue weighted by atomic mass is 35.5. The number of carbonyl (C=O) groups excluding carboxylic acids is 1. The van der Waals surface area contributed by atoms with Crippen LogP contribution in [0.2, 0.25) is 15.1 Å². The molecule has 3 aromatic rings. The highest BCUT2D eigenvalue weighted by Gasteiger charge is 2.11. The molecule has 0 bridgehead atoms. The maximum Gasteiger partial charge on any atom is 0.250 e. The van der Waals surface area contributed by atoms with E-state index in [4.69, 9.17) is 34.8 Å². The molecule has 2 aromatic carbocycles. The van der Waals surface area contributed by atoms with E-state index < -0.39 is 0 Å². The molecule has 3 rings (SSSR count). The van der Waals surface area contributed by atoms with Gasteiger partial charge < -0.3 is 4.57 Å². The number of benzene rings is 2. The Kier molecular flexibility index (Phi) is 7.89. The van der Waals surface area contributed by atoms with Crippen molar-refractivity contribution in [3.05, 3.63) is 86.1 Å². The average Bonchev–Trinajstić information content (AvgIpc) is 2.94. The Morgan fingerprint density at radius 1 is 1.07 bits per heavy atom. The second-order valence-corrected chi connectivity index (χ2v) is 9.00. The monoisotopic (exact) mass is 479 g/mol. The van der Waals surface area contributed by atoms with Crippen molar-refractivity contribution in [1.82, 2.24) is 9.99 Å². The first-order chi connectivity index (χ1) is 14.3. The van der Waals surface area contributed by atoms with Crippen LogP contribution in [-0.2, 0) is 10.5 Å². The number of hydrogen-bond donors (Lipinski definition) is 1. The van der Waals surface area contributed by atoms with E-state index in [0.717, 1.165) is 28.2 Å². The number of amides is 1. The molecule has 30 heavy (non-hydrogen) atoms. The quantitative estimate of drug-likeness (QED) is 0.312. The summed E-state index contributed by atoms with van der Waals surface area (Å²) in [4.78, 5) is 12.0. The van der Waals surface area contributed by atoms with Gasteiger partial charge in [-0.05, 0) is 55.8 Å². The van der Waals surface area contributed by atoms with Gasteiger partial charge >= 0.3 is 0 Å². The minimum Gasteiger partial charge on any atom is -0.318 e. The van der Waals surface area contributed by atoms with Gasteiger partial charge in [0.05, 0.1) is 12.0 Å². The second kappa shape index (κ2) is 10.4. The van der Waals surface area contributed by atoms with Gasteiger partial charge in [0.15, 0.2) is 0 Å². The number of nitrogens with one attached hydrogen (secondary N) is 1. The summed E-state index contributed by atoms with van der Waals surface area (Å²) in [5, 5.41) is 5.94. The second-order valence-electron chi connectivity index (χ2n) is 6.71. The van der Waals surface area contributed by atoms with Crippen LogP contribution in [0, 0.1) is 13.8 Å². The fourth-order valence-electron chi connectivity index (χ4n) is 3.08. The lowest BCUT2D eigenvalue weighted by atomic mass is 10.2. The fraction of sp³-hybridized carbons (Fsp3) is 0.182. The van der Waals surface area contributed by atoms with Crippen LogP contribution in [-0.4, -0.2) is 22.4 Å². The summed E-state index contributed by atoms with van der Waals surface area (Å²) >= 11 is 19.8. The Morgan fingerprint density at radius 3 is 2.50 bits per heavy atom. The standard InChI is InChI=1S/C22H20Cl3N3OS/c1-14-6-17(15(2)28(14)21-9-19(24)8-20(25)10-21)11-26-27-22(29)13-30-12-16-4-3-5-18(23)7-16/h3-11H,12-13H2,1-2H3,(H,27,29)/b26-11+. The molecule has 1 aromatic heterocycles. The molecule has 1 heterocycles. The van der Waals surface area contributed by atoms with Crippen LogP contribution >= 0.6 is 46.6 Å². The minimum atomic E-state index is -0.159. The molecule has 0 aliphatic carbocycles. The van der Waals surface area contributed by atoms with Gasteiger partial charge in [0, 0.05) is 43.5 Å². The predicted molar refractivity (Wildman–Crippen MR) is 129 cm³/mol. The zero-order valence-electron chi connectivity index (χ0n) is 16.5. The summed E-state index contributed by atoms with van der Waals surface area (Å²) < 4.78 is 2.04. The van der Waals surface area contributed by atoms with Gasteiger partial charge in [0.25, 0.3) is 0 Å². The molecule has 0 saturated carbocycles. The summed E-state index contributed by atoms with van der Waals surface area (Å²) in [7, 11) is 0. The maximum absolute atomic E-state index is 12.0. The van der Waals surface area contributed by atoms with Crippen molar-refractivity contribution in [3.8, 4) is 5.69 Å². The largest absolute Gasteiger partial charge is 0.318 e. The first kappa shape index (κ1) is 22.8. The number of nitrogens with zero attached hydrogens (tertiary/aromatic N) is 2. The van der Waals surface area contributed by atoms with E-state index in [9.17, 15) is 4.79 Å². The van der Waals surface area contributed by atoms with Crippen molar-refractivity contribution in [2.24, 2.45) is 5.10 Å². The molecule has 0 aliphatic heterocycles. The van der Waals surface area contributed by atoms with E-state index in [1.807, 2.05) is 60.9 Å². The number of aryl methyl sites for hydroxylation is 1. The maximum atomic E-state index is 12.0. The average molecular weight is 481 g/mol. The number of thioether (sulfide) groups is 1. The van der Waals surface area contributed by atoms with E-state index in [0.29, 0.717) is 26.6 Å².